The Balaban J connectivity index is 1.75. The van der Waals surface area contributed by atoms with E-state index in [1.165, 1.54) is 11.0 Å². The molecule has 4 rings (SSSR count). The minimum atomic E-state index is -0.484. The van der Waals surface area contributed by atoms with Crippen molar-refractivity contribution in [2.75, 3.05) is 12.4 Å². The molecule has 2 aliphatic heterocycles. The lowest BCUT2D eigenvalue weighted by Crippen LogP contribution is -2.37. The number of alkyl halides is 1. The van der Waals surface area contributed by atoms with Crippen LogP contribution < -0.4 is 0 Å². The Hall–Kier alpha value is -2.51. The van der Waals surface area contributed by atoms with Gasteiger partial charge in [0.1, 0.15) is 6.33 Å². The molecular formula is C17H13Cl2N5O2. The van der Waals surface area contributed by atoms with Gasteiger partial charge < -0.3 is 4.90 Å². The highest BCUT2D eigenvalue weighted by Crippen LogP contribution is 2.35. The number of benzene rings is 1. The van der Waals surface area contributed by atoms with Crippen molar-refractivity contribution in [3.05, 3.63) is 53.0 Å². The third-order valence-electron chi connectivity index (χ3n) is 4.52. The van der Waals surface area contributed by atoms with Crippen molar-refractivity contribution in [3.63, 3.8) is 0 Å². The second kappa shape index (κ2) is 6.66. The Kier molecular flexibility index (Phi) is 4.34. The number of ketones is 2. The fourth-order valence-electron chi connectivity index (χ4n) is 3.29. The molecule has 26 heavy (non-hydrogen) atoms. The van der Waals surface area contributed by atoms with E-state index >= 15 is 0 Å². The average Bonchev–Trinajstić information content (AvgIpc) is 3.29. The number of hydrogen-bond acceptors (Lipinski definition) is 6. The topological polar surface area (TPSA) is 81.0 Å². The van der Waals surface area contributed by atoms with Gasteiger partial charge in [0, 0.05) is 23.6 Å². The molecule has 0 amide bonds. The average molecular weight is 390 g/mol. The molecule has 1 aromatic heterocycles. The standard InChI is InChI=1S/C17H13Cl2N5O2/c18-8-17(26)15-7-16(25)14-5-10(3-4-23(14)15)12-6-11(19)1-2-13(12)24-9-20-21-22-24/h1-3,5-6,9,15H,4,7-8H2/t15-/m0/s1. The number of nitrogens with zero attached hydrogens (tertiary/aromatic N) is 5. The van der Waals surface area contributed by atoms with Crippen LogP contribution in [-0.2, 0) is 9.59 Å². The van der Waals surface area contributed by atoms with Crippen LogP contribution in [0.15, 0.2) is 42.4 Å². The number of halogens is 2. The van der Waals surface area contributed by atoms with Crippen molar-refractivity contribution < 1.29 is 9.59 Å². The molecule has 2 aliphatic rings. The van der Waals surface area contributed by atoms with E-state index in [4.69, 9.17) is 23.2 Å². The molecule has 1 atom stereocenters. The van der Waals surface area contributed by atoms with Gasteiger partial charge in [-0.15, -0.1) is 16.7 Å². The molecule has 3 heterocycles. The lowest BCUT2D eigenvalue weighted by Gasteiger charge is -2.28. The first-order valence-corrected chi connectivity index (χ1v) is 8.83. The van der Waals surface area contributed by atoms with E-state index in [1.54, 1.807) is 23.1 Å². The Morgan fingerprint density at radius 1 is 1.35 bits per heavy atom. The Labute approximate surface area is 158 Å². The van der Waals surface area contributed by atoms with Crippen LogP contribution in [0.4, 0.5) is 0 Å². The fraction of sp³-hybridized carbons (Fsp3) is 0.235. The highest BCUT2D eigenvalue weighted by atomic mass is 35.5. The molecule has 7 nitrogen and oxygen atoms in total. The van der Waals surface area contributed by atoms with Crippen molar-refractivity contribution in [2.45, 2.75) is 12.5 Å². The summed E-state index contributed by atoms with van der Waals surface area (Å²) >= 11 is 11.8. The summed E-state index contributed by atoms with van der Waals surface area (Å²) in [6.07, 6.45) is 5.39. The zero-order chi connectivity index (χ0) is 18.3. The SMILES string of the molecule is O=C1C[C@@H](C(=O)CCl)N2CC=C(c3cc(Cl)ccc3-n3cnnn3)C=C12. The van der Waals surface area contributed by atoms with E-state index in [9.17, 15) is 9.59 Å². The molecule has 2 aromatic rings. The summed E-state index contributed by atoms with van der Waals surface area (Å²) in [7, 11) is 0. The normalized spacial score (nSPS) is 19.2. The third-order valence-corrected chi connectivity index (χ3v) is 5.02. The van der Waals surface area contributed by atoms with E-state index in [-0.39, 0.29) is 23.9 Å². The zero-order valence-corrected chi connectivity index (χ0v) is 15.0. The lowest BCUT2D eigenvalue weighted by molar-refractivity contribution is -0.121. The summed E-state index contributed by atoms with van der Waals surface area (Å²) in [6.45, 7) is 0.446. The summed E-state index contributed by atoms with van der Waals surface area (Å²) in [6, 6.07) is 4.89. The number of fused-ring (bicyclic) bond motifs is 1. The predicted octanol–water partition coefficient (Wildman–Crippen LogP) is 2.05. The minimum Gasteiger partial charge on any atom is -0.354 e. The van der Waals surface area contributed by atoms with E-state index in [2.05, 4.69) is 15.5 Å². The van der Waals surface area contributed by atoms with Gasteiger partial charge in [-0.3, -0.25) is 9.59 Å². The molecule has 132 valence electrons. The highest BCUT2D eigenvalue weighted by molar-refractivity contribution is 6.31. The third kappa shape index (κ3) is 2.83. The van der Waals surface area contributed by atoms with Gasteiger partial charge in [0.15, 0.2) is 11.6 Å². The summed E-state index contributed by atoms with van der Waals surface area (Å²) in [4.78, 5) is 26.2. The van der Waals surface area contributed by atoms with Crippen LogP contribution in [0.3, 0.4) is 0 Å². The van der Waals surface area contributed by atoms with Gasteiger partial charge in [0.05, 0.1) is 23.3 Å². The maximum atomic E-state index is 12.4. The first-order chi connectivity index (χ1) is 12.6. The van der Waals surface area contributed by atoms with Gasteiger partial charge in [-0.1, -0.05) is 17.7 Å². The molecule has 0 spiro atoms. The van der Waals surface area contributed by atoms with E-state index in [0.29, 0.717) is 17.3 Å². The Bertz CT molecular complexity index is 952. The zero-order valence-electron chi connectivity index (χ0n) is 13.5. The minimum absolute atomic E-state index is 0.0648. The molecular weight excluding hydrogens is 377 g/mol. The quantitative estimate of drug-likeness (QED) is 0.744. The monoisotopic (exact) mass is 389 g/mol. The lowest BCUT2D eigenvalue weighted by atomic mass is 9.99. The summed E-state index contributed by atoms with van der Waals surface area (Å²) in [5.74, 6) is -0.307. The van der Waals surface area contributed by atoms with Crippen molar-refractivity contribution in [1.82, 2.24) is 25.1 Å². The molecule has 0 aliphatic carbocycles. The molecule has 1 fully saturated rings. The molecule has 0 bridgehead atoms. The summed E-state index contributed by atoms with van der Waals surface area (Å²) in [5.41, 5.74) is 2.90. The maximum Gasteiger partial charge on any atom is 0.181 e. The van der Waals surface area contributed by atoms with Gasteiger partial charge in [-0.2, -0.15) is 4.68 Å². The Morgan fingerprint density at radius 3 is 2.92 bits per heavy atom. The largest absolute Gasteiger partial charge is 0.354 e. The van der Waals surface area contributed by atoms with Crippen LogP contribution in [0.1, 0.15) is 12.0 Å². The van der Waals surface area contributed by atoms with Crippen LogP contribution in [-0.4, -0.2) is 55.1 Å². The number of aromatic nitrogens is 4. The van der Waals surface area contributed by atoms with Gasteiger partial charge in [-0.25, -0.2) is 0 Å². The molecule has 0 N–H and O–H groups in total. The molecule has 0 radical (unpaired) electrons. The summed E-state index contributed by atoms with van der Waals surface area (Å²) < 4.78 is 1.54. The van der Waals surface area contributed by atoms with Gasteiger partial charge in [0.2, 0.25) is 0 Å². The number of rotatable bonds is 4. The van der Waals surface area contributed by atoms with Crippen molar-refractivity contribution >= 4 is 40.3 Å². The molecule has 1 saturated heterocycles. The fourth-order valence-corrected chi connectivity index (χ4v) is 3.64. The molecule has 0 saturated carbocycles. The first-order valence-electron chi connectivity index (χ1n) is 7.92. The van der Waals surface area contributed by atoms with Crippen LogP contribution in [0, 0.1) is 0 Å². The van der Waals surface area contributed by atoms with E-state index in [1.807, 2.05) is 12.1 Å². The summed E-state index contributed by atoms with van der Waals surface area (Å²) in [5, 5.41) is 11.8. The van der Waals surface area contributed by atoms with Gasteiger partial charge >= 0.3 is 0 Å². The van der Waals surface area contributed by atoms with Gasteiger partial charge in [0.25, 0.3) is 0 Å². The van der Waals surface area contributed by atoms with E-state index < -0.39 is 6.04 Å². The van der Waals surface area contributed by atoms with Crippen molar-refractivity contribution in [3.8, 4) is 5.69 Å². The van der Waals surface area contributed by atoms with Crippen LogP contribution in [0.25, 0.3) is 11.3 Å². The van der Waals surface area contributed by atoms with Crippen LogP contribution >= 0.6 is 23.2 Å². The van der Waals surface area contributed by atoms with Crippen molar-refractivity contribution in [2.24, 2.45) is 0 Å². The number of carbonyl (C=O) groups excluding carboxylic acids is 2. The number of tetrazole rings is 1. The van der Waals surface area contributed by atoms with E-state index in [0.717, 1.165) is 16.8 Å². The number of hydrogen-bond donors (Lipinski definition) is 0. The molecule has 0 unspecified atom stereocenters. The highest BCUT2D eigenvalue weighted by Gasteiger charge is 2.39. The maximum absolute atomic E-state index is 12.4. The molecule has 1 aromatic carbocycles. The second-order valence-electron chi connectivity index (χ2n) is 6.00. The Morgan fingerprint density at radius 2 is 2.19 bits per heavy atom. The van der Waals surface area contributed by atoms with Crippen LogP contribution in [0.5, 0.6) is 0 Å². The number of Topliss-reactive ketones (excluding diaryl/α,β-unsaturated/α-hetero) is 2. The smallest absolute Gasteiger partial charge is 0.181 e. The second-order valence-corrected chi connectivity index (χ2v) is 6.70. The van der Waals surface area contributed by atoms with Crippen molar-refractivity contribution in [1.29, 1.82) is 0 Å². The number of carbonyl (C=O) groups is 2. The predicted molar refractivity (Wildman–Crippen MR) is 96.1 cm³/mol. The number of allylic oxidation sites excluding steroid dienone is 3. The van der Waals surface area contributed by atoms with Gasteiger partial charge in [-0.05, 0) is 40.3 Å². The molecule has 9 heteroatoms. The first kappa shape index (κ1) is 16.9. The van der Waals surface area contributed by atoms with Crippen LogP contribution in [0.2, 0.25) is 5.02 Å².